The lowest BCUT2D eigenvalue weighted by atomic mass is 9.84. The lowest BCUT2D eigenvalue weighted by Crippen LogP contribution is -2.34. The Labute approximate surface area is 115 Å². The lowest BCUT2D eigenvalue weighted by Gasteiger charge is -2.28. The van der Waals surface area contributed by atoms with Crippen molar-refractivity contribution in [2.45, 2.75) is 51.6 Å². The second-order valence-corrected chi connectivity index (χ2v) is 5.72. The molecule has 0 amide bonds. The summed E-state index contributed by atoms with van der Waals surface area (Å²) in [6, 6.07) is 6.71. The van der Waals surface area contributed by atoms with Crippen molar-refractivity contribution >= 4 is 0 Å². The molecule has 0 bridgehead atoms. The maximum Gasteiger partial charge on any atom is 0.231 e. The molecule has 0 spiro atoms. The van der Waals surface area contributed by atoms with Crippen LogP contribution in [0.5, 0.6) is 11.5 Å². The first kappa shape index (κ1) is 12.8. The molecule has 0 aromatic heterocycles. The van der Waals surface area contributed by atoms with Gasteiger partial charge in [-0.3, -0.25) is 0 Å². The smallest absolute Gasteiger partial charge is 0.231 e. The van der Waals surface area contributed by atoms with Gasteiger partial charge in [-0.15, -0.1) is 0 Å². The molecule has 1 heterocycles. The van der Waals surface area contributed by atoms with Crippen molar-refractivity contribution in [3.8, 4) is 11.5 Å². The van der Waals surface area contributed by atoms with Crippen molar-refractivity contribution in [2.24, 2.45) is 5.92 Å². The predicted molar refractivity (Wildman–Crippen MR) is 75.4 cm³/mol. The maximum atomic E-state index is 5.55. The lowest BCUT2D eigenvalue weighted by molar-refractivity contribution is 0.173. The third-order valence-electron chi connectivity index (χ3n) is 4.45. The average molecular weight is 261 g/mol. The number of para-hydroxylation sites is 1. The first-order valence-corrected chi connectivity index (χ1v) is 7.45. The van der Waals surface area contributed by atoms with E-state index in [2.05, 4.69) is 18.3 Å². The number of benzene rings is 1. The number of fused-ring (bicyclic) bond motifs is 1. The first-order chi connectivity index (χ1) is 9.34. The van der Waals surface area contributed by atoms with E-state index in [0.717, 1.165) is 24.0 Å². The Morgan fingerprint density at radius 1 is 1.21 bits per heavy atom. The first-order valence-electron chi connectivity index (χ1n) is 7.45. The van der Waals surface area contributed by atoms with Crippen LogP contribution in [0.1, 0.15) is 44.6 Å². The molecule has 0 radical (unpaired) electrons. The van der Waals surface area contributed by atoms with Gasteiger partial charge in [-0.05, 0) is 31.7 Å². The van der Waals surface area contributed by atoms with E-state index < -0.39 is 0 Å². The molecule has 1 fully saturated rings. The molecule has 1 N–H and O–H groups in total. The van der Waals surface area contributed by atoms with E-state index >= 15 is 0 Å². The molecule has 0 saturated heterocycles. The molecule has 1 aliphatic carbocycles. The van der Waals surface area contributed by atoms with E-state index in [1.165, 1.54) is 37.7 Å². The van der Waals surface area contributed by atoms with Gasteiger partial charge < -0.3 is 14.8 Å². The van der Waals surface area contributed by atoms with Crippen molar-refractivity contribution in [3.05, 3.63) is 23.8 Å². The highest BCUT2D eigenvalue weighted by Gasteiger charge is 2.21. The van der Waals surface area contributed by atoms with Gasteiger partial charge in [0.2, 0.25) is 6.79 Å². The zero-order valence-electron chi connectivity index (χ0n) is 11.7. The molecule has 0 unspecified atom stereocenters. The Kier molecular flexibility index (Phi) is 3.92. The minimum absolute atomic E-state index is 0.352. The molecule has 1 aliphatic heterocycles. The molecule has 3 heteroatoms. The van der Waals surface area contributed by atoms with Crippen LogP contribution in [0, 0.1) is 5.92 Å². The number of hydrogen-bond acceptors (Lipinski definition) is 3. The summed E-state index contributed by atoms with van der Waals surface area (Å²) in [4.78, 5) is 0. The van der Waals surface area contributed by atoms with Gasteiger partial charge in [0.05, 0.1) is 0 Å². The van der Waals surface area contributed by atoms with Crippen molar-refractivity contribution in [3.63, 3.8) is 0 Å². The number of rotatable bonds is 4. The van der Waals surface area contributed by atoms with Crippen LogP contribution in [0.2, 0.25) is 0 Å². The monoisotopic (exact) mass is 261 g/mol. The summed E-state index contributed by atoms with van der Waals surface area (Å²) in [7, 11) is 0. The van der Waals surface area contributed by atoms with Gasteiger partial charge in [0.25, 0.3) is 0 Å². The molecule has 1 saturated carbocycles. The topological polar surface area (TPSA) is 30.5 Å². The minimum Gasteiger partial charge on any atom is -0.454 e. The molecule has 3 nitrogen and oxygen atoms in total. The summed E-state index contributed by atoms with van der Waals surface area (Å²) in [5, 5.41) is 3.66. The predicted octanol–water partition coefficient (Wildman–Crippen LogP) is 3.47. The molecule has 3 rings (SSSR count). The third-order valence-corrected chi connectivity index (χ3v) is 4.45. The molecule has 2 aliphatic rings. The number of ether oxygens (including phenoxy) is 2. The normalized spacial score (nSPS) is 20.5. The Hall–Kier alpha value is -1.22. The summed E-state index contributed by atoms with van der Waals surface area (Å²) >= 11 is 0. The van der Waals surface area contributed by atoms with Gasteiger partial charge in [0.1, 0.15) is 0 Å². The standard InChI is InChI=1S/C16H23NO2/c1-12(13-6-3-2-4-7-13)17-10-14-8-5-9-15-16(14)19-11-18-15/h5,8-9,12-13,17H,2-4,6-7,10-11H2,1H3/t12-/m0/s1. The molecule has 1 atom stereocenters. The van der Waals surface area contributed by atoms with Crippen molar-refractivity contribution in [1.29, 1.82) is 0 Å². The second kappa shape index (κ2) is 5.83. The fraction of sp³-hybridized carbons (Fsp3) is 0.625. The fourth-order valence-electron chi connectivity index (χ4n) is 3.20. The Morgan fingerprint density at radius 3 is 2.89 bits per heavy atom. The summed E-state index contributed by atoms with van der Waals surface area (Å²) in [6.07, 6.45) is 6.96. The van der Waals surface area contributed by atoms with E-state index in [1.54, 1.807) is 0 Å². The molecular weight excluding hydrogens is 238 g/mol. The van der Waals surface area contributed by atoms with Crippen LogP contribution in [-0.2, 0) is 6.54 Å². The fourth-order valence-corrected chi connectivity index (χ4v) is 3.20. The number of hydrogen-bond donors (Lipinski definition) is 1. The summed E-state index contributed by atoms with van der Waals surface area (Å²) < 4.78 is 11.0. The maximum absolute atomic E-state index is 5.55. The van der Waals surface area contributed by atoms with Gasteiger partial charge in [0.15, 0.2) is 11.5 Å². The van der Waals surface area contributed by atoms with Gasteiger partial charge in [-0.2, -0.15) is 0 Å². The van der Waals surface area contributed by atoms with E-state index in [1.807, 2.05) is 12.1 Å². The van der Waals surface area contributed by atoms with Crippen molar-refractivity contribution in [1.82, 2.24) is 5.32 Å². The Balaban J connectivity index is 1.58. The molecular formula is C16H23NO2. The summed E-state index contributed by atoms with van der Waals surface area (Å²) in [6.45, 7) is 3.53. The van der Waals surface area contributed by atoms with Crippen LogP contribution < -0.4 is 14.8 Å². The summed E-state index contributed by atoms with van der Waals surface area (Å²) in [5.74, 6) is 2.64. The highest BCUT2D eigenvalue weighted by molar-refractivity contribution is 5.48. The Morgan fingerprint density at radius 2 is 2.05 bits per heavy atom. The second-order valence-electron chi connectivity index (χ2n) is 5.72. The molecule has 1 aromatic carbocycles. The van der Waals surface area contributed by atoms with E-state index in [0.29, 0.717) is 12.8 Å². The van der Waals surface area contributed by atoms with E-state index in [-0.39, 0.29) is 0 Å². The average Bonchev–Trinajstić information content (AvgIpc) is 2.94. The zero-order chi connectivity index (χ0) is 13.1. The van der Waals surface area contributed by atoms with Crippen LogP contribution in [0.4, 0.5) is 0 Å². The zero-order valence-corrected chi connectivity index (χ0v) is 11.7. The highest BCUT2D eigenvalue weighted by Crippen LogP contribution is 2.35. The summed E-state index contributed by atoms with van der Waals surface area (Å²) in [5.41, 5.74) is 1.21. The van der Waals surface area contributed by atoms with Gasteiger partial charge in [-0.25, -0.2) is 0 Å². The van der Waals surface area contributed by atoms with Crippen LogP contribution in [0.3, 0.4) is 0 Å². The van der Waals surface area contributed by atoms with Gasteiger partial charge in [-0.1, -0.05) is 31.4 Å². The number of nitrogens with one attached hydrogen (secondary N) is 1. The van der Waals surface area contributed by atoms with Crippen LogP contribution in [-0.4, -0.2) is 12.8 Å². The largest absolute Gasteiger partial charge is 0.454 e. The van der Waals surface area contributed by atoms with Crippen molar-refractivity contribution < 1.29 is 9.47 Å². The quantitative estimate of drug-likeness (QED) is 0.900. The van der Waals surface area contributed by atoms with Gasteiger partial charge >= 0.3 is 0 Å². The third kappa shape index (κ3) is 2.86. The molecule has 19 heavy (non-hydrogen) atoms. The SMILES string of the molecule is C[C@H](NCc1cccc2c1OCO2)C1CCCCC1. The van der Waals surface area contributed by atoms with Gasteiger partial charge in [0, 0.05) is 18.2 Å². The van der Waals surface area contributed by atoms with Crippen LogP contribution in [0.15, 0.2) is 18.2 Å². The van der Waals surface area contributed by atoms with E-state index in [9.17, 15) is 0 Å². The van der Waals surface area contributed by atoms with Crippen LogP contribution in [0.25, 0.3) is 0 Å². The Bertz CT molecular complexity index is 427. The minimum atomic E-state index is 0.352. The van der Waals surface area contributed by atoms with E-state index in [4.69, 9.17) is 9.47 Å². The highest BCUT2D eigenvalue weighted by atomic mass is 16.7. The van der Waals surface area contributed by atoms with Crippen molar-refractivity contribution in [2.75, 3.05) is 6.79 Å². The van der Waals surface area contributed by atoms with Crippen LogP contribution >= 0.6 is 0 Å². The molecule has 1 aromatic rings. The molecule has 104 valence electrons.